The molecule has 2 N–H and O–H groups in total. The van der Waals surface area contributed by atoms with Crippen molar-refractivity contribution < 1.29 is 9.26 Å². The van der Waals surface area contributed by atoms with Crippen LogP contribution < -0.4 is 5.73 Å². The van der Waals surface area contributed by atoms with Crippen LogP contribution in [0.15, 0.2) is 4.52 Å². The summed E-state index contributed by atoms with van der Waals surface area (Å²) in [5.74, 6) is 1.64. The van der Waals surface area contributed by atoms with Crippen LogP contribution in [-0.4, -0.2) is 29.4 Å². The predicted octanol–water partition coefficient (Wildman–Crippen LogP) is 2.02. The number of rotatable bonds is 6. The second-order valence-corrected chi connectivity index (χ2v) is 4.96. The Labute approximate surface area is 108 Å². The van der Waals surface area contributed by atoms with Gasteiger partial charge in [-0.15, -0.1) is 0 Å². The van der Waals surface area contributed by atoms with Gasteiger partial charge in [-0.25, -0.2) is 0 Å². The monoisotopic (exact) mass is 253 g/mol. The van der Waals surface area contributed by atoms with E-state index in [2.05, 4.69) is 17.1 Å². The van der Waals surface area contributed by atoms with Crippen LogP contribution >= 0.6 is 0 Å². The molecule has 0 amide bonds. The summed E-state index contributed by atoms with van der Waals surface area (Å²) >= 11 is 0. The average molecular weight is 253 g/mol. The third-order valence-corrected chi connectivity index (χ3v) is 3.44. The average Bonchev–Trinajstić information content (AvgIpc) is 2.85. The van der Waals surface area contributed by atoms with E-state index >= 15 is 0 Å². The molecule has 0 radical (unpaired) electrons. The molecule has 1 aliphatic rings. The van der Waals surface area contributed by atoms with Gasteiger partial charge in [0.15, 0.2) is 5.82 Å². The van der Waals surface area contributed by atoms with Gasteiger partial charge >= 0.3 is 0 Å². The first-order valence-corrected chi connectivity index (χ1v) is 6.97. The maximum atomic E-state index is 5.73. The van der Waals surface area contributed by atoms with Crippen molar-refractivity contribution >= 4 is 0 Å². The molecule has 0 aromatic carbocycles. The van der Waals surface area contributed by atoms with Crippen molar-refractivity contribution in [3.8, 4) is 0 Å². The molecule has 18 heavy (non-hydrogen) atoms. The van der Waals surface area contributed by atoms with Crippen LogP contribution in [0, 0.1) is 0 Å². The van der Waals surface area contributed by atoms with E-state index in [1.54, 1.807) is 0 Å². The Morgan fingerprint density at radius 1 is 1.44 bits per heavy atom. The van der Waals surface area contributed by atoms with Gasteiger partial charge in [-0.3, -0.25) is 0 Å². The first-order valence-electron chi connectivity index (χ1n) is 6.97. The quantitative estimate of drug-likeness (QED) is 0.839. The molecule has 2 atom stereocenters. The summed E-state index contributed by atoms with van der Waals surface area (Å²) in [6.07, 6.45) is 6.58. The van der Waals surface area contributed by atoms with Gasteiger partial charge in [-0.2, -0.15) is 4.98 Å². The van der Waals surface area contributed by atoms with Crippen molar-refractivity contribution in [2.24, 2.45) is 5.73 Å². The predicted molar refractivity (Wildman–Crippen MR) is 68.3 cm³/mol. The van der Waals surface area contributed by atoms with Gasteiger partial charge in [0.25, 0.3) is 0 Å². The highest BCUT2D eigenvalue weighted by atomic mass is 16.5. The topological polar surface area (TPSA) is 74.2 Å². The van der Waals surface area contributed by atoms with Gasteiger partial charge in [0.05, 0.1) is 12.0 Å². The Morgan fingerprint density at radius 3 is 3.00 bits per heavy atom. The molecule has 0 saturated carbocycles. The molecule has 1 saturated heterocycles. The number of nitrogens with zero attached hydrogens (tertiary/aromatic N) is 2. The molecule has 0 spiro atoms. The Morgan fingerprint density at radius 2 is 2.33 bits per heavy atom. The molecule has 5 heteroatoms. The fraction of sp³-hybridized carbons (Fsp3) is 0.846. The first-order chi connectivity index (χ1) is 8.83. The van der Waals surface area contributed by atoms with Crippen LogP contribution in [0.4, 0.5) is 0 Å². The number of nitrogens with two attached hydrogens (primary N) is 1. The summed E-state index contributed by atoms with van der Waals surface area (Å²) in [5.41, 5.74) is 5.73. The van der Waals surface area contributed by atoms with Crippen LogP contribution in [-0.2, 0) is 11.2 Å². The maximum absolute atomic E-state index is 5.73. The largest absolute Gasteiger partial charge is 0.378 e. The van der Waals surface area contributed by atoms with E-state index < -0.39 is 0 Å². The van der Waals surface area contributed by atoms with E-state index in [0.29, 0.717) is 12.4 Å². The van der Waals surface area contributed by atoms with E-state index in [-0.39, 0.29) is 12.0 Å². The Kier molecular flexibility index (Phi) is 5.13. The maximum Gasteiger partial charge on any atom is 0.231 e. The SMILES string of the molecule is CCCC(CN)c1nc(CC2CCCCO2)no1. The van der Waals surface area contributed by atoms with Crippen molar-refractivity contribution in [3.05, 3.63) is 11.7 Å². The molecule has 5 nitrogen and oxygen atoms in total. The third-order valence-electron chi connectivity index (χ3n) is 3.44. The first kappa shape index (κ1) is 13.5. The van der Waals surface area contributed by atoms with Crippen molar-refractivity contribution in [1.29, 1.82) is 0 Å². The zero-order valence-corrected chi connectivity index (χ0v) is 11.1. The molecule has 102 valence electrons. The molecule has 1 fully saturated rings. The van der Waals surface area contributed by atoms with Gasteiger partial charge in [0.2, 0.25) is 5.89 Å². The number of hydrogen-bond acceptors (Lipinski definition) is 5. The standard InChI is InChI=1S/C13H23N3O2/c1-2-5-10(9-14)13-15-12(16-18-13)8-11-6-3-4-7-17-11/h10-11H,2-9,14H2,1H3. The van der Waals surface area contributed by atoms with Crippen LogP contribution in [0.1, 0.15) is 56.7 Å². The van der Waals surface area contributed by atoms with E-state index in [9.17, 15) is 0 Å². The normalized spacial score (nSPS) is 22.0. The highest BCUT2D eigenvalue weighted by molar-refractivity contribution is 4.96. The van der Waals surface area contributed by atoms with Gasteiger partial charge < -0.3 is 15.0 Å². The summed E-state index contributed by atoms with van der Waals surface area (Å²) in [7, 11) is 0. The minimum atomic E-state index is 0.198. The fourth-order valence-corrected chi connectivity index (χ4v) is 2.38. The lowest BCUT2D eigenvalue weighted by molar-refractivity contribution is 0.0153. The molecule has 0 aliphatic carbocycles. The van der Waals surface area contributed by atoms with Gasteiger partial charge in [-0.1, -0.05) is 18.5 Å². The zero-order chi connectivity index (χ0) is 12.8. The third kappa shape index (κ3) is 3.53. The Bertz CT molecular complexity index is 348. The minimum absolute atomic E-state index is 0.198. The zero-order valence-electron chi connectivity index (χ0n) is 11.1. The lowest BCUT2D eigenvalue weighted by atomic mass is 10.0. The molecule has 2 rings (SSSR count). The molecule has 2 unspecified atom stereocenters. The van der Waals surface area contributed by atoms with Crippen molar-refractivity contribution in [2.45, 2.75) is 57.5 Å². The Hall–Kier alpha value is -0.940. The molecule has 1 aromatic heterocycles. The minimum Gasteiger partial charge on any atom is -0.378 e. The second-order valence-electron chi connectivity index (χ2n) is 4.96. The highest BCUT2D eigenvalue weighted by Gasteiger charge is 2.20. The van der Waals surface area contributed by atoms with Crippen molar-refractivity contribution in [1.82, 2.24) is 10.1 Å². The van der Waals surface area contributed by atoms with Gasteiger partial charge in [0.1, 0.15) is 0 Å². The van der Waals surface area contributed by atoms with Crippen molar-refractivity contribution in [2.75, 3.05) is 13.2 Å². The van der Waals surface area contributed by atoms with E-state index in [4.69, 9.17) is 15.0 Å². The summed E-state index contributed by atoms with van der Waals surface area (Å²) in [6.45, 7) is 3.56. The smallest absolute Gasteiger partial charge is 0.231 e. The molecule has 1 aliphatic heterocycles. The molecule has 0 bridgehead atoms. The van der Waals surface area contributed by atoms with E-state index in [0.717, 1.165) is 38.1 Å². The Balaban J connectivity index is 1.92. The highest BCUT2D eigenvalue weighted by Crippen LogP contribution is 2.20. The van der Waals surface area contributed by atoms with Crippen LogP contribution in [0.3, 0.4) is 0 Å². The number of ether oxygens (including phenoxy) is 1. The lowest BCUT2D eigenvalue weighted by Crippen LogP contribution is -2.22. The lowest BCUT2D eigenvalue weighted by Gasteiger charge is -2.20. The molecular formula is C13H23N3O2. The summed E-state index contributed by atoms with van der Waals surface area (Å²) in [6, 6.07) is 0. The number of hydrogen-bond donors (Lipinski definition) is 1. The molecular weight excluding hydrogens is 230 g/mol. The van der Waals surface area contributed by atoms with Gasteiger partial charge in [0, 0.05) is 19.6 Å². The van der Waals surface area contributed by atoms with Crippen LogP contribution in [0.5, 0.6) is 0 Å². The van der Waals surface area contributed by atoms with Crippen LogP contribution in [0.25, 0.3) is 0 Å². The van der Waals surface area contributed by atoms with Gasteiger partial charge in [-0.05, 0) is 25.7 Å². The second kappa shape index (κ2) is 6.85. The number of aromatic nitrogens is 2. The summed E-state index contributed by atoms with van der Waals surface area (Å²) < 4.78 is 11.0. The van der Waals surface area contributed by atoms with E-state index in [1.165, 1.54) is 12.8 Å². The molecule has 1 aromatic rings. The fourth-order valence-electron chi connectivity index (χ4n) is 2.38. The van der Waals surface area contributed by atoms with Crippen molar-refractivity contribution in [3.63, 3.8) is 0 Å². The molecule has 2 heterocycles. The summed E-state index contributed by atoms with van der Waals surface area (Å²) in [5, 5.41) is 4.04. The summed E-state index contributed by atoms with van der Waals surface area (Å²) in [4.78, 5) is 4.46. The van der Waals surface area contributed by atoms with E-state index in [1.807, 2.05) is 0 Å². The van der Waals surface area contributed by atoms with Crippen LogP contribution in [0.2, 0.25) is 0 Å².